The molecule has 0 spiro atoms. The molecule has 1 aliphatic carbocycles. The summed E-state index contributed by atoms with van der Waals surface area (Å²) in [4.78, 5) is 9.29. The topological polar surface area (TPSA) is 105 Å². The van der Waals surface area contributed by atoms with Gasteiger partial charge in [0.1, 0.15) is 11.6 Å². The van der Waals surface area contributed by atoms with E-state index >= 15 is 0 Å². The maximum Gasteiger partial charge on any atom is 0.163 e. The average molecular weight is 475 g/mol. The summed E-state index contributed by atoms with van der Waals surface area (Å²) in [6, 6.07) is 10.3. The number of nitrogens with one attached hydrogen (secondary N) is 3. The Morgan fingerprint density at radius 3 is 2.60 bits per heavy atom. The Bertz CT molecular complexity index is 1120. The smallest absolute Gasteiger partial charge is 0.163 e. The van der Waals surface area contributed by atoms with Crippen molar-refractivity contribution in [3.05, 3.63) is 59.9 Å². The Labute approximate surface area is 208 Å². The van der Waals surface area contributed by atoms with Crippen LogP contribution in [0.25, 0.3) is 5.65 Å². The maximum atomic E-state index is 5.34. The first-order valence-electron chi connectivity index (χ1n) is 12.9. The third-order valence-corrected chi connectivity index (χ3v) is 6.38. The number of benzene rings is 1. The van der Waals surface area contributed by atoms with Crippen LogP contribution in [0.4, 0.5) is 17.3 Å². The molecule has 1 aliphatic heterocycles. The highest BCUT2D eigenvalue weighted by atomic mass is 15.3. The molecule has 0 atom stereocenters. The van der Waals surface area contributed by atoms with Crippen LogP contribution >= 0.6 is 0 Å². The van der Waals surface area contributed by atoms with E-state index in [1.807, 2.05) is 36.7 Å². The second-order valence-corrected chi connectivity index (χ2v) is 8.89. The number of nitrogens with zero attached hydrogens (tertiary/aromatic N) is 4. The Balaban J connectivity index is 0.00000141. The van der Waals surface area contributed by atoms with Gasteiger partial charge >= 0.3 is 0 Å². The Hall–Kier alpha value is -3.39. The summed E-state index contributed by atoms with van der Waals surface area (Å²) < 4.78 is 1.95. The molecule has 1 aromatic carbocycles. The van der Waals surface area contributed by atoms with Gasteiger partial charge in [-0.1, -0.05) is 26.0 Å². The Kier molecular flexibility index (Phi) is 8.73. The first-order chi connectivity index (χ1) is 17.3. The zero-order valence-corrected chi connectivity index (χ0v) is 20.9. The molecule has 186 valence electrons. The van der Waals surface area contributed by atoms with Crippen LogP contribution in [-0.4, -0.2) is 40.4 Å². The monoisotopic (exact) mass is 474 g/mol. The van der Waals surface area contributed by atoms with Crippen molar-refractivity contribution in [2.75, 3.05) is 30.3 Å². The van der Waals surface area contributed by atoms with Crippen LogP contribution in [0.2, 0.25) is 0 Å². The fourth-order valence-corrected chi connectivity index (χ4v) is 4.28. The predicted octanol–water partition coefficient (Wildman–Crippen LogP) is 4.83. The van der Waals surface area contributed by atoms with Gasteiger partial charge in [0.15, 0.2) is 5.65 Å². The molecular formula is C27H38N8. The molecule has 2 aromatic heterocycles. The average Bonchev–Trinajstić information content (AvgIpc) is 3.67. The lowest BCUT2D eigenvalue weighted by molar-refractivity contribution is 0.389. The molecule has 8 nitrogen and oxygen atoms in total. The highest BCUT2D eigenvalue weighted by molar-refractivity contribution is 5.74. The molecule has 0 bridgehead atoms. The van der Waals surface area contributed by atoms with Gasteiger partial charge in [-0.25, -0.2) is 4.98 Å². The highest BCUT2D eigenvalue weighted by Gasteiger charge is 2.28. The molecule has 0 amide bonds. The van der Waals surface area contributed by atoms with Gasteiger partial charge in [0.2, 0.25) is 0 Å². The number of rotatable bonds is 9. The van der Waals surface area contributed by atoms with Crippen LogP contribution in [0.15, 0.2) is 53.8 Å². The number of piperidine rings is 1. The van der Waals surface area contributed by atoms with Gasteiger partial charge in [-0.2, -0.15) is 9.61 Å². The molecule has 2 fully saturated rings. The van der Waals surface area contributed by atoms with Crippen molar-refractivity contribution in [2.45, 2.75) is 52.0 Å². The predicted molar refractivity (Wildman–Crippen MR) is 146 cm³/mol. The van der Waals surface area contributed by atoms with Crippen molar-refractivity contribution in [1.82, 2.24) is 19.9 Å². The summed E-state index contributed by atoms with van der Waals surface area (Å²) in [5, 5.41) is 15.3. The van der Waals surface area contributed by atoms with Gasteiger partial charge in [0.25, 0.3) is 0 Å². The molecule has 5 N–H and O–H groups in total. The third-order valence-electron chi connectivity index (χ3n) is 6.38. The van der Waals surface area contributed by atoms with E-state index < -0.39 is 0 Å². The number of aliphatic imine (C=N–C) groups is 1. The van der Waals surface area contributed by atoms with Crippen molar-refractivity contribution in [3.63, 3.8) is 0 Å². The van der Waals surface area contributed by atoms with Crippen LogP contribution in [0, 0.1) is 5.92 Å². The van der Waals surface area contributed by atoms with Crippen LogP contribution in [0.3, 0.4) is 0 Å². The van der Waals surface area contributed by atoms with Crippen molar-refractivity contribution in [1.29, 1.82) is 0 Å². The number of nitrogens with two attached hydrogens (primary N) is 1. The summed E-state index contributed by atoms with van der Waals surface area (Å²) in [6.45, 7) is 7.86. The minimum absolute atomic E-state index is 0.602. The van der Waals surface area contributed by atoms with Gasteiger partial charge in [0.05, 0.1) is 11.9 Å². The van der Waals surface area contributed by atoms with Crippen molar-refractivity contribution in [3.8, 4) is 0 Å². The Morgan fingerprint density at radius 2 is 1.89 bits per heavy atom. The highest BCUT2D eigenvalue weighted by Crippen LogP contribution is 2.42. The number of anilines is 2. The third kappa shape index (κ3) is 6.60. The molecule has 1 saturated carbocycles. The quantitative estimate of drug-likeness (QED) is 0.331. The molecule has 1 saturated heterocycles. The largest absolute Gasteiger partial charge is 0.405 e. The Morgan fingerprint density at radius 1 is 1.11 bits per heavy atom. The summed E-state index contributed by atoms with van der Waals surface area (Å²) >= 11 is 0. The summed E-state index contributed by atoms with van der Waals surface area (Å²) in [7, 11) is 0. The van der Waals surface area contributed by atoms with Crippen molar-refractivity contribution < 1.29 is 0 Å². The molecule has 0 radical (unpaired) electrons. The number of allylic oxidation sites excluding steroid dienone is 1. The van der Waals surface area contributed by atoms with E-state index in [4.69, 9.17) is 10.7 Å². The second kappa shape index (κ2) is 12.4. The maximum absolute atomic E-state index is 5.34. The van der Waals surface area contributed by atoms with Crippen molar-refractivity contribution in [2.24, 2.45) is 16.6 Å². The first kappa shape index (κ1) is 24.7. The molecule has 3 heterocycles. The zero-order valence-electron chi connectivity index (χ0n) is 20.9. The first-order valence-corrected chi connectivity index (χ1v) is 12.9. The second-order valence-electron chi connectivity index (χ2n) is 8.89. The van der Waals surface area contributed by atoms with E-state index in [0.717, 1.165) is 42.6 Å². The normalized spacial score (nSPS) is 16.5. The lowest BCUT2D eigenvalue weighted by atomic mass is 9.98. The van der Waals surface area contributed by atoms with Gasteiger partial charge in [0, 0.05) is 30.9 Å². The van der Waals surface area contributed by atoms with E-state index in [9.17, 15) is 0 Å². The molecular weight excluding hydrogens is 436 g/mol. The fourth-order valence-electron chi connectivity index (χ4n) is 4.28. The summed E-state index contributed by atoms with van der Waals surface area (Å²) in [5.41, 5.74) is 9.64. The van der Waals surface area contributed by atoms with Gasteiger partial charge < -0.3 is 21.7 Å². The number of hydrogen-bond acceptors (Lipinski definition) is 7. The molecule has 8 heteroatoms. The standard InChI is InChI=1S/C25H32N8.C2H6/c26-10-1-11-28-21-6-2-18(3-7-21)16-30-24-14-23(29-15-19-8-12-27-13-9-19)32-25-22(20-4-5-20)17-31-33(24)25;1-2/h1-3,6-7,10-11,14,17,19-20,27,30H,4-5,8-9,12-13,15-16,26H2,(H,29,32);1-2H3/b10-1-,28-11?;. The van der Waals surface area contributed by atoms with Crippen LogP contribution in [0.1, 0.15) is 56.6 Å². The molecule has 0 unspecified atom stereocenters. The van der Waals surface area contributed by atoms with E-state index in [2.05, 4.69) is 44.2 Å². The molecule has 3 aromatic rings. The lowest BCUT2D eigenvalue weighted by Gasteiger charge is -2.23. The van der Waals surface area contributed by atoms with Crippen LogP contribution in [-0.2, 0) is 6.54 Å². The number of hydrogen-bond donors (Lipinski definition) is 4. The summed E-state index contributed by atoms with van der Waals surface area (Å²) in [6.07, 6.45) is 11.7. The minimum atomic E-state index is 0.602. The minimum Gasteiger partial charge on any atom is -0.405 e. The lowest BCUT2D eigenvalue weighted by Crippen LogP contribution is -2.31. The SMILES string of the molecule is CC.N/C=C\C=Nc1ccc(CNc2cc(NCC3CCNCC3)nc3c(C4CC4)cnn23)cc1. The van der Waals surface area contributed by atoms with Crippen molar-refractivity contribution >= 4 is 29.2 Å². The van der Waals surface area contributed by atoms with Crippen LogP contribution < -0.4 is 21.7 Å². The number of fused-ring (bicyclic) bond motifs is 1. The number of aromatic nitrogens is 3. The van der Waals surface area contributed by atoms with Gasteiger partial charge in [-0.3, -0.25) is 4.99 Å². The summed E-state index contributed by atoms with van der Waals surface area (Å²) in [5.74, 6) is 3.17. The van der Waals surface area contributed by atoms with Crippen LogP contribution in [0.5, 0.6) is 0 Å². The zero-order chi connectivity index (χ0) is 24.5. The van der Waals surface area contributed by atoms with E-state index in [1.165, 1.54) is 43.0 Å². The molecule has 5 rings (SSSR count). The van der Waals surface area contributed by atoms with E-state index in [-0.39, 0.29) is 0 Å². The fraction of sp³-hybridized carbons (Fsp3) is 0.444. The van der Waals surface area contributed by atoms with Gasteiger partial charge in [-0.15, -0.1) is 0 Å². The van der Waals surface area contributed by atoms with E-state index in [1.54, 1.807) is 12.3 Å². The van der Waals surface area contributed by atoms with E-state index in [0.29, 0.717) is 18.4 Å². The molecule has 35 heavy (non-hydrogen) atoms. The van der Waals surface area contributed by atoms with Gasteiger partial charge in [-0.05, 0) is 80.6 Å². The molecule has 2 aliphatic rings.